The number of amides is 1. The number of aromatic nitrogens is 4. The number of nitrogens with two attached hydrogens (primary N) is 1. The number of carbonyl (C=O) groups is 1. The van der Waals surface area contributed by atoms with Gasteiger partial charge in [-0.3, -0.25) is 0 Å². The number of nitrogens with one attached hydrogen (secondary N) is 1. The normalized spacial score (nSPS) is 11.8. The molecule has 0 fully saturated rings. The molecule has 0 aliphatic heterocycles. The lowest BCUT2D eigenvalue weighted by Gasteiger charge is -2.19. The molecule has 0 saturated carbocycles. The van der Waals surface area contributed by atoms with Gasteiger partial charge in [-0.25, -0.2) is 14.5 Å². The van der Waals surface area contributed by atoms with Gasteiger partial charge in [0.1, 0.15) is 17.1 Å². The summed E-state index contributed by atoms with van der Waals surface area (Å²) in [4.78, 5) is 15.6. The molecule has 0 aliphatic rings. The van der Waals surface area contributed by atoms with E-state index < -0.39 is 11.7 Å². The summed E-state index contributed by atoms with van der Waals surface area (Å²) < 4.78 is 8.52. The standard InChI is InChI=1S/C15H24N8O2/c1-15(2,3)25-14(24)18-6-5-8-23-12(16)11(10-19-23)20-21-13-17-7-9-22(13)4/h7,9-10H,5-6,8,16H2,1-4H3,(H,18,24)/b21-20+. The zero-order valence-electron chi connectivity index (χ0n) is 14.9. The fraction of sp³-hybridized carbons (Fsp3) is 0.533. The minimum atomic E-state index is -0.510. The average molecular weight is 348 g/mol. The zero-order valence-corrected chi connectivity index (χ0v) is 14.9. The predicted octanol–water partition coefficient (Wildman–Crippen LogP) is 2.53. The second kappa shape index (κ2) is 7.77. The van der Waals surface area contributed by atoms with Gasteiger partial charge >= 0.3 is 6.09 Å². The van der Waals surface area contributed by atoms with Crippen molar-refractivity contribution >= 4 is 23.5 Å². The van der Waals surface area contributed by atoms with Gasteiger partial charge in [-0.15, -0.1) is 10.2 Å². The molecule has 2 aromatic heterocycles. The number of nitrogens with zero attached hydrogens (tertiary/aromatic N) is 6. The van der Waals surface area contributed by atoms with E-state index >= 15 is 0 Å². The molecule has 0 spiro atoms. The van der Waals surface area contributed by atoms with Crippen molar-refractivity contribution in [3.63, 3.8) is 0 Å². The molecular weight excluding hydrogens is 324 g/mol. The Morgan fingerprint density at radius 2 is 2.16 bits per heavy atom. The molecule has 2 heterocycles. The molecule has 25 heavy (non-hydrogen) atoms. The largest absolute Gasteiger partial charge is 0.444 e. The highest BCUT2D eigenvalue weighted by atomic mass is 16.6. The molecule has 0 aromatic carbocycles. The minimum absolute atomic E-state index is 0.412. The highest BCUT2D eigenvalue weighted by molar-refractivity contribution is 5.67. The Morgan fingerprint density at radius 1 is 1.40 bits per heavy atom. The smallest absolute Gasteiger partial charge is 0.407 e. The maximum absolute atomic E-state index is 11.6. The van der Waals surface area contributed by atoms with E-state index in [0.717, 1.165) is 0 Å². The molecule has 10 heteroatoms. The van der Waals surface area contributed by atoms with Crippen LogP contribution in [-0.4, -0.2) is 37.6 Å². The van der Waals surface area contributed by atoms with Crippen LogP contribution in [0.3, 0.4) is 0 Å². The molecule has 0 radical (unpaired) electrons. The van der Waals surface area contributed by atoms with E-state index in [1.807, 2.05) is 27.8 Å². The Labute approximate surface area is 146 Å². The van der Waals surface area contributed by atoms with E-state index in [-0.39, 0.29) is 0 Å². The zero-order chi connectivity index (χ0) is 18.4. The van der Waals surface area contributed by atoms with Crippen LogP contribution in [0.5, 0.6) is 0 Å². The van der Waals surface area contributed by atoms with Crippen molar-refractivity contribution in [2.75, 3.05) is 12.3 Å². The van der Waals surface area contributed by atoms with Gasteiger partial charge in [0.25, 0.3) is 0 Å². The first-order valence-electron chi connectivity index (χ1n) is 7.93. The Kier molecular flexibility index (Phi) is 5.73. The third-order valence-electron chi connectivity index (χ3n) is 3.12. The average Bonchev–Trinajstić information content (AvgIpc) is 3.06. The number of nitrogen functional groups attached to an aromatic ring is 1. The van der Waals surface area contributed by atoms with Gasteiger partial charge in [0.05, 0.1) is 6.20 Å². The van der Waals surface area contributed by atoms with Gasteiger partial charge in [-0.2, -0.15) is 5.10 Å². The lowest BCUT2D eigenvalue weighted by Crippen LogP contribution is -2.33. The highest BCUT2D eigenvalue weighted by Crippen LogP contribution is 2.23. The molecule has 1 amide bonds. The third-order valence-corrected chi connectivity index (χ3v) is 3.12. The molecule has 2 aromatic rings. The van der Waals surface area contributed by atoms with Crippen molar-refractivity contribution in [2.24, 2.45) is 17.3 Å². The van der Waals surface area contributed by atoms with Gasteiger partial charge in [-0.05, 0) is 27.2 Å². The number of hydrogen-bond acceptors (Lipinski definition) is 7. The second-order valence-corrected chi connectivity index (χ2v) is 6.46. The molecule has 136 valence electrons. The van der Waals surface area contributed by atoms with Crippen LogP contribution in [0.1, 0.15) is 27.2 Å². The molecule has 10 nitrogen and oxygen atoms in total. The fourth-order valence-corrected chi connectivity index (χ4v) is 1.93. The number of hydrogen-bond donors (Lipinski definition) is 2. The van der Waals surface area contributed by atoms with Crippen molar-refractivity contribution in [1.82, 2.24) is 24.6 Å². The van der Waals surface area contributed by atoms with Crippen LogP contribution in [-0.2, 0) is 18.3 Å². The Morgan fingerprint density at radius 3 is 2.80 bits per heavy atom. The third kappa shape index (κ3) is 5.59. The van der Waals surface area contributed by atoms with Gasteiger partial charge in [0.2, 0.25) is 5.95 Å². The summed E-state index contributed by atoms with van der Waals surface area (Å²) in [6.07, 6.45) is 5.17. The SMILES string of the molecule is Cn1ccnc1/N=N/c1cnn(CCCNC(=O)OC(C)(C)C)c1N. The van der Waals surface area contributed by atoms with E-state index in [4.69, 9.17) is 10.5 Å². The Hall–Kier alpha value is -2.91. The van der Waals surface area contributed by atoms with Gasteiger partial charge in [0.15, 0.2) is 0 Å². The number of azo groups is 1. The number of aryl methyl sites for hydroxylation is 2. The fourth-order valence-electron chi connectivity index (χ4n) is 1.93. The van der Waals surface area contributed by atoms with E-state index in [1.54, 1.807) is 27.8 Å². The van der Waals surface area contributed by atoms with E-state index in [9.17, 15) is 4.79 Å². The first-order valence-corrected chi connectivity index (χ1v) is 7.93. The molecule has 0 saturated heterocycles. The summed E-state index contributed by atoms with van der Waals surface area (Å²) in [6, 6.07) is 0. The maximum Gasteiger partial charge on any atom is 0.407 e. The van der Waals surface area contributed by atoms with Gasteiger partial charge in [-0.1, -0.05) is 0 Å². The predicted molar refractivity (Wildman–Crippen MR) is 92.9 cm³/mol. The van der Waals surface area contributed by atoms with Crippen molar-refractivity contribution in [3.05, 3.63) is 18.6 Å². The van der Waals surface area contributed by atoms with Gasteiger partial charge in [0, 0.05) is 32.5 Å². The summed E-state index contributed by atoms with van der Waals surface area (Å²) >= 11 is 0. The number of rotatable bonds is 6. The monoisotopic (exact) mass is 348 g/mol. The van der Waals surface area contributed by atoms with Crippen molar-refractivity contribution in [1.29, 1.82) is 0 Å². The summed E-state index contributed by atoms with van der Waals surface area (Å²) in [5.74, 6) is 0.893. The lowest BCUT2D eigenvalue weighted by atomic mass is 10.2. The van der Waals surface area contributed by atoms with Crippen molar-refractivity contribution in [3.8, 4) is 0 Å². The van der Waals surface area contributed by atoms with E-state index in [0.29, 0.717) is 37.0 Å². The molecule has 0 aliphatic carbocycles. The first-order chi connectivity index (χ1) is 11.8. The van der Waals surface area contributed by atoms with Crippen molar-refractivity contribution < 1.29 is 9.53 Å². The summed E-state index contributed by atoms with van der Waals surface area (Å²) in [6.45, 7) is 6.45. The van der Waals surface area contributed by atoms with Crippen LogP contribution in [0, 0.1) is 0 Å². The quantitative estimate of drug-likeness (QED) is 0.613. The maximum atomic E-state index is 11.6. The van der Waals surface area contributed by atoms with E-state index in [2.05, 4.69) is 25.6 Å². The summed E-state index contributed by atoms with van der Waals surface area (Å²) in [5, 5.41) is 15.0. The molecule has 2 rings (SSSR count). The van der Waals surface area contributed by atoms with Crippen LogP contribution in [0.25, 0.3) is 0 Å². The van der Waals surface area contributed by atoms with Crippen LogP contribution >= 0.6 is 0 Å². The lowest BCUT2D eigenvalue weighted by molar-refractivity contribution is 0.0526. The molecule has 0 bridgehead atoms. The topological polar surface area (TPSA) is 125 Å². The number of carbonyl (C=O) groups excluding carboxylic acids is 1. The molecule has 3 N–H and O–H groups in total. The summed E-state index contributed by atoms with van der Waals surface area (Å²) in [5.41, 5.74) is 5.98. The van der Waals surface area contributed by atoms with Crippen LogP contribution in [0.15, 0.2) is 28.8 Å². The number of imidazole rings is 1. The first kappa shape index (κ1) is 18.4. The number of ether oxygens (including phenoxy) is 1. The highest BCUT2D eigenvalue weighted by Gasteiger charge is 2.15. The number of anilines is 1. The minimum Gasteiger partial charge on any atom is -0.444 e. The summed E-state index contributed by atoms with van der Waals surface area (Å²) in [7, 11) is 1.83. The van der Waals surface area contributed by atoms with Gasteiger partial charge < -0.3 is 20.4 Å². The van der Waals surface area contributed by atoms with Crippen LogP contribution < -0.4 is 11.1 Å². The Balaban J connectivity index is 1.82. The Bertz CT molecular complexity index is 741. The second-order valence-electron chi connectivity index (χ2n) is 6.46. The van der Waals surface area contributed by atoms with Crippen LogP contribution in [0.2, 0.25) is 0 Å². The molecule has 0 atom stereocenters. The van der Waals surface area contributed by atoms with Crippen molar-refractivity contribution in [2.45, 2.75) is 39.3 Å². The van der Waals surface area contributed by atoms with E-state index in [1.165, 1.54) is 0 Å². The molecule has 0 unspecified atom stereocenters. The van der Waals surface area contributed by atoms with Crippen LogP contribution in [0.4, 0.5) is 22.2 Å². The molecular formula is C15H24N8O2. The number of alkyl carbamates (subject to hydrolysis) is 1.